The van der Waals surface area contributed by atoms with Gasteiger partial charge >= 0.3 is 0 Å². The molecule has 1 aromatic heterocycles. The van der Waals surface area contributed by atoms with Crippen LogP contribution in [0.25, 0.3) is 10.1 Å². The molecule has 0 bridgehead atoms. The van der Waals surface area contributed by atoms with E-state index < -0.39 is 24.4 Å². The van der Waals surface area contributed by atoms with Crippen molar-refractivity contribution in [3.8, 4) is 11.5 Å². The fourth-order valence-corrected chi connectivity index (χ4v) is 4.73. The van der Waals surface area contributed by atoms with Crippen molar-refractivity contribution in [3.63, 3.8) is 0 Å². The van der Waals surface area contributed by atoms with E-state index in [-0.39, 0.29) is 41.4 Å². The van der Waals surface area contributed by atoms with Crippen LogP contribution in [0, 0.1) is 0 Å². The Hall–Kier alpha value is -2.49. The zero-order chi connectivity index (χ0) is 21.4. The van der Waals surface area contributed by atoms with Crippen molar-refractivity contribution in [3.05, 3.63) is 58.5 Å². The predicted octanol–water partition coefficient (Wildman–Crippen LogP) is 2.39. The summed E-state index contributed by atoms with van der Waals surface area (Å²) in [5.74, 6) is -0.350. The maximum Gasteiger partial charge on any atom is 0.206 e. The molecule has 2 aromatic carbocycles. The molecule has 1 aliphatic rings. The maximum absolute atomic E-state index is 13.3. The van der Waals surface area contributed by atoms with Crippen molar-refractivity contribution in [1.82, 2.24) is 0 Å². The summed E-state index contributed by atoms with van der Waals surface area (Å²) in [6, 6.07) is 12.2. The van der Waals surface area contributed by atoms with E-state index in [2.05, 4.69) is 0 Å². The van der Waals surface area contributed by atoms with Crippen LogP contribution >= 0.6 is 11.3 Å². The van der Waals surface area contributed by atoms with E-state index in [4.69, 9.17) is 9.47 Å². The number of ketones is 1. The first kappa shape index (κ1) is 20.8. The number of fused-ring (bicyclic) bond motifs is 1. The molecule has 4 rings (SSSR count). The van der Waals surface area contributed by atoms with Gasteiger partial charge in [-0.05, 0) is 23.6 Å². The van der Waals surface area contributed by atoms with Crippen molar-refractivity contribution in [2.75, 3.05) is 13.7 Å². The fraction of sp³-hybridized carbons (Fsp3) is 0.318. The molecule has 30 heavy (non-hydrogen) atoms. The van der Waals surface area contributed by atoms with Gasteiger partial charge in [-0.3, -0.25) is 4.79 Å². The Bertz CT molecular complexity index is 1040. The third kappa shape index (κ3) is 3.68. The van der Waals surface area contributed by atoms with E-state index in [1.807, 2.05) is 24.3 Å². The van der Waals surface area contributed by atoms with Crippen molar-refractivity contribution in [1.29, 1.82) is 0 Å². The van der Waals surface area contributed by atoms with Gasteiger partial charge in [-0.15, -0.1) is 11.3 Å². The van der Waals surface area contributed by atoms with Crippen molar-refractivity contribution >= 4 is 27.2 Å². The van der Waals surface area contributed by atoms with E-state index in [1.54, 1.807) is 6.07 Å². The lowest BCUT2D eigenvalue weighted by Gasteiger charge is -2.37. The minimum Gasteiger partial charge on any atom is -0.507 e. The molecular weight excluding hydrogens is 408 g/mol. The number of phenolic OH excluding ortho intramolecular Hbond substituents is 1. The number of carbonyl (C=O) groups excluding carboxylic acids is 1. The number of aromatic hydroxyl groups is 1. The highest BCUT2D eigenvalue weighted by Crippen LogP contribution is 2.40. The van der Waals surface area contributed by atoms with Crippen LogP contribution in [0.4, 0.5) is 0 Å². The van der Waals surface area contributed by atoms with Crippen LogP contribution in [0.2, 0.25) is 0 Å². The second kappa shape index (κ2) is 8.33. The molecule has 1 fully saturated rings. The number of rotatable bonds is 5. The van der Waals surface area contributed by atoms with Crippen molar-refractivity contribution in [2.24, 2.45) is 0 Å². The van der Waals surface area contributed by atoms with Crippen LogP contribution in [0.1, 0.15) is 33.3 Å². The van der Waals surface area contributed by atoms with Gasteiger partial charge in [0.2, 0.25) is 5.78 Å². The van der Waals surface area contributed by atoms with Gasteiger partial charge in [-0.2, -0.15) is 0 Å². The van der Waals surface area contributed by atoms with Gasteiger partial charge in [0.25, 0.3) is 0 Å². The van der Waals surface area contributed by atoms with Crippen LogP contribution in [0.15, 0.2) is 42.5 Å². The summed E-state index contributed by atoms with van der Waals surface area (Å²) in [5, 5.41) is 41.4. The molecule has 0 aliphatic carbocycles. The minimum atomic E-state index is -1.32. The second-order valence-electron chi connectivity index (χ2n) is 7.24. The van der Waals surface area contributed by atoms with Gasteiger partial charge in [0.15, 0.2) is 0 Å². The van der Waals surface area contributed by atoms with E-state index in [1.165, 1.54) is 30.6 Å². The normalized spacial score (nSPS) is 24.1. The van der Waals surface area contributed by atoms with Crippen LogP contribution in [-0.2, 0) is 4.74 Å². The third-order valence-corrected chi connectivity index (χ3v) is 6.42. The number of aliphatic hydroxyl groups excluding tert-OH is 3. The zero-order valence-corrected chi connectivity index (χ0v) is 17.0. The van der Waals surface area contributed by atoms with E-state index in [9.17, 15) is 25.2 Å². The monoisotopic (exact) mass is 430 g/mol. The molecule has 8 heteroatoms. The van der Waals surface area contributed by atoms with Gasteiger partial charge in [0.1, 0.15) is 23.7 Å². The zero-order valence-electron chi connectivity index (χ0n) is 16.2. The number of benzene rings is 2. The number of hydrogen-bond acceptors (Lipinski definition) is 8. The lowest BCUT2D eigenvalue weighted by atomic mass is 9.91. The number of thiophene rings is 1. The SMILES string of the molecule is COc1cc(O)c(C2OC(CO)CC(O)C2O)cc1C(=O)c1cc2ccccc2s1. The average molecular weight is 430 g/mol. The van der Waals surface area contributed by atoms with E-state index in [0.29, 0.717) is 4.88 Å². The summed E-state index contributed by atoms with van der Waals surface area (Å²) in [5.41, 5.74) is 0.346. The van der Waals surface area contributed by atoms with Gasteiger partial charge in [-0.1, -0.05) is 18.2 Å². The molecule has 7 nitrogen and oxygen atoms in total. The number of aliphatic hydroxyl groups is 3. The average Bonchev–Trinajstić information content (AvgIpc) is 3.19. The molecule has 4 N–H and O–H groups in total. The summed E-state index contributed by atoms with van der Waals surface area (Å²) in [4.78, 5) is 13.8. The Labute approximate surface area is 176 Å². The highest BCUT2D eigenvalue weighted by Gasteiger charge is 2.39. The Morgan fingerprint density at radius 2 is 2.00 bits per heavy atom. The quantitative estimate of drug-likeness (QED) is 0.459. The Kier molecular flexibility index (Phi) is 5.77. The molecule has 2 heterocycles. The molecule has 4 unspecified atom stereocenters. The Balaban J connectivity index is 1.77. The summed E-state index contributed by atoms with van der Waals surface area (Å²) in [6.45, 7) is -0.342. The molecule has 3 aromatic rings. The number of phenols is 1. The molecule has 4 atom stereocenters. The maximum atomic E-state index is 13.3. The number of hydrogen-bond donors (Lipinski definition) is 4. The Morgan fingerprint density at radius 1 is 1.23 bits per heavy atom. The number of methoxy groups -OCH3 is 1. The summed E-state index contributed by atoms with van der Waals surface area (Å²) < 4.78 is 12.0. The largest absolute Gasteiger partial charge is 0.507 e. The molecule has 0 radical (unpaired) electrons. The lowest BCUT2D eigenvalue weighted by molar-refractivity contribution is -0.180. The highest BCUT2D eigenvalue weighted by molar-refractivity contribution is 7.21. The molecule has 0 amide bonds. The summed E-state index contributed by atoms with van der Waals surface area (Å²) in [6.07, 6.45) is -4.19. The second-order valence-corrected chi connectivity index (χ2v) is 8.33. The molecule has 0 spiro atoms. The topological polar surface area (TPSA) is 116 Å². The van der Waals surface area contributed by atoms with Crippen LogP contribution in [-0.4, -0.2) is 58.2 Å². The van der Waals surface area contributed by atoms with Gasteiger partial charge in [0.05, 0.1) is 36.4 Å². The third-order valence-electron chi connectivity index (χ3n) is 5.30. The highest BCUT2D eigenvalue weighted by atomic mass is 32.1. The predicted molar refractivity (Wildman–Crippen MR) is 111 cm³/mol. The lowest BCUT2D eigenvalue weighted by Crippen LogP contribution is -2.44. The van der Waals surface area contributed by atoms with Gasteiger partial charge in [0, 0.05) is 22.8 Å². The molecule has 158 valence electrons. The standard InChI is InChI=1S/C22H22O7S/c1-28-17-9-15(24)13(22-21(27)16(25)7-12(10-23)29-22)8-14(17)20(26)19-6-11-4-2-3-5-18(11)30-19/h2-6,8-9,12,16,21-25,27H,7,10H2,1H3. The fourth-order valence-electron chi connectivity index (χ4n) is 3.72. The van der Waals surface area contributed by atoms with Gasteiger partial charge in [-0.25, -0.2) is 0 Å². The first-order chi connectivity index (χ1) is 14.4. The number of ether oxygens (including phenoxy) is 2. The van der Waals surface area contributed by atoms with Gasteiger partial charge < -0.3 is 29.9 Å². The smallest absolute Gasteiger partial charge is 0.206 e. The van der Waals surface area contributed by atoms with Crippen LogP contribution in [0.3, 0.4) is 0 Å². The van der Waals surface area contributed by atoms with Crippen LogP contribution in [0.5, 0.6) is 11.5 Å². The number of carbonyl (C=O) groups is 1. The minimum absolute atomic E-state index is 0.0681. The van der Waals surface area contributed by atoms with Crippen molar-refractivity contribution < 1.29 is 34.7 Å². The first-order valence-corrected chi connectivity index (χ1v) is 10.3. The Morgan fingerprint density at radius 3 is 2.70 bits per heavy atom. The molecular formula is C22H22O7S. The summed E-state index contributed by atoms with van der Waals surface area (Å²) in [7, 11) is 1.40. The first-order valence-electron chi connectivity index (χ1n) is 9.49. The summed E-state index contributed by atoms with van der Waals surface area (Å²) >= 11 is 1.35. The molecule has 1 saturated heterocycles. The molecule has 0 saturated carbocycles. The van der Waals surface area contributed by atoms with E-state index >= 15 is 0 Å². The van der Waals surface area contributed by atoms with E-state index in [0.717, 1.165) is 10.1 Å². The van der Waals surface area contributed by atoms with Crippen molar-refractivity contribution in [2.45, 2.75) is 30.8 Å². The molecule has 1 aliphatic heterocycles. The van der Waals surface area contributed by atoms with Crippen LogP contribution < -0.4 is 4.74 Å².